The Kier molecular flexibility index (Phi) is 4.72. The van der Waals surface area contributed by atoms with Crippen LogP contribution in [-0.4, -0.2) is 33.7 Å². The Balaban J connectivity index is 3.03. The third-order valence-corrected chi connectivity index (χ3v) is 2.80. The summed E-state index contributed by atoms with van der Waals surface area (Å²) in [6.45, 7) is 3.49. The molecule has 2 N–H and O–H groups in total. The second-order valence-corrected chi connectivity index (χ2v) is 4.47. The van der Waals surface area contributed by atoms with E-state index in [1.807, 2.05) is 6.92 Å². The van der Waals surface area contributed by atoms with E-state index >= 15 is 0 Å². The number of halogens is 1. The normalized spacial score (nSPS) is 13.8. The summed E-state index contributed by atoms with van der Waals surface area (Å²) in [7, 11) is 1.43. The Morgan fingerprint density at radius 1 is 1.67 bits per heavy atom. The number of carboxylic acids is 1. The molecule has 0 fully saturated rings. The molecule has 1 unspecified atom stereocenters. The fourth-order valence-corrected chi connectivity index (χ4v) is 1.66. The summed E-state index contributed by atoms with van der Waals surface area (Å²) in [5.74, 6) is -0.708. The second kappa shape index (κ2) is 5.86. The monoisotopic (exact) mass is 273 g/mol. The van der Waals surface area contributed by atoms with Gasteiger partial charge in [-0.15, -0.1) is 0 Å². The van der Waals surface area contributed by atoms with E-state index in [0.717, 1.165) is 6.42 Å². The number of carboxylic acid groups (broad SMARTS) is 1. The minimum absolute atomic E-state index is 0.131. The molecule has 1 aromatic rings. The van der Waals surface area contributed by atoms with Crippen molar-refractivity contribution in [2.45, 2.75) is 32.2 Å². The predicted octanol–water partition coefficient (Wildman–Crippen LogP) is 2.19. The lowest BCUT2D eigenvalue weighted by molar-refractivity contribution is -0.142. The van der Waals surface area contributed by atoms with E-state index in [-0.39, 0.29) is 16.9 Å². The topological polar surface area (TPSA) is 84.3 Å². The van der Waals surface area contributed by atoms with Crippen molar-refractivity contribution in [2.75, 3.05) is 12.4 Å². The molecule has 0 aromatic carbocycles. The number of carbonyl (C=O) groups is 1. The molecule has 100 valence electrons. The molecule has 18 heavy (non-hydrogen) atoms. The Hall–Kier alpha value is -1.56. The average Bonchev–Trinajstić information content (AvgIpc) is 2.32. The van der Waals surface area contributed by atoms with Crippen LogP contribution in [0.4, 0.5) is 5.82 Å². The molecule has 7 heteroatoms. The first-order valence-electron chi connectivity index (χ1n) is 5.51. The maximum absolute atomic E-state index is 11.3. The summed E-state index contributed by atoms with van der Waals surface area (Å²) in [5.41, 5.74) is -1.13. The van der Waals surface area contributed by atoms with Gasteiger partial charge in [0.05, 0.1) is 13.3 Å². The van der Waals surface area contributed by atoms with Gasteiger partial charge in [0.2, 0.25) is 0 Å². The van der Waals surface area contributed by atoms with Crippen LogP contribution in [0.15, 0.2) is 6.20 Å². The molecular formula is C11H16ClN3O3. The van der Waals surface area contributed by atoms with Crippen molar-refractivity contribution in [1.29, 1.82) is 0 Å². The average molecular weight is 274 g/mol. The second-order valence-electron chi connectivity index (χ2n) is 4.07. The van der Waals surface area contributed by atoms with Crippen molar-refractivity contribution in [1.82, 2.24) is 9.97 Å². The molecule has 1 aromatic heterocycles. The first-order chi connectivity index (χ1) is 8.42. The van der Waals surface area contributed by atoms with E-state index in [1.165, 1.54) is 13.3 Å². The summed E-state index contributed by atoms with van der Waals surface area (Å²) in [6, 6.07) is 0.131. The Bertz CT molecular complexity index is 442. The van der Waals surface area contributed by atoms with Gasteiger partial charge in [0.25, 0.3) is 0 Å². The van der Waals surface area contributed by atoms with E-state index in [4.69, 9.17) is 16.3 Å². The van der Waals surface area contributed by atoms with E-state index in [2.05, 4.69) is 15.3 Å². The zero-order valence-corrected chi connectivity index (χ0v) is 11.3. The van der Waals surface area contributed by atoms with Crippen LogP contribution in [0.2, 0.25) is 5.02 Å². The minimum atomic E-state index is -1.13. The SMILES string of the molecule is CCCC(C)(Nc1nc(OC)ncc1Cl)C(=O)O. The summed E-state index contributed by atoms with van der Waals surface area (Å²) in [5, 5.41) is 12.3. The molecule has 0 aliphatic heterocycles. The molecule has 6 nitrogen and oxygen atoms in total. The molecule has 1 heterocycles. The highest BCUT2D eigenvalue weighted by Crippen LogP contribution is 2.26. The Morgan fingerprint density at radius 2 is 2.33 bits per heavy atom. The van der Waals surface area contributed by atoms with Crippen molar-refractivity contribution in [3.05, 3.63) is 11.2 Å². The van der Waals surface area contributed by atoms with Gasteiger partial charge in [0, 0.05) is 0 Å². The molecule has 0 spiro atoms. The van der Waals surface area contributed by atoms with Crippen LogP contribution >= 0.6 is 11.6 Å². The smallest absolute Gasteiger partial charge is 0.329 e. The highest BCUT2D eigenvalue weighted by atomic mass is 35.5. The zero-order chi connectivity index (χ0) is 13.8. The van der Waals surface area contributed by atoms with Gasteiger partial charge in [-0.25, -0.2) is 9.78 Å². The van der Waals surface area contributed by atoms with Gasteiger partial charge >= 0.3 is 12.0 Å². The van der Waals surface area contributed by atoms with Gasteiger partial charge in [-0.05, 0) is 13.3 Å². The molecule has 0 radical (unpaired) electrons. The number of aliphatic carboxylic acids is 1. The van der Waals surface area contributed by atoms with E-state index in [9.17, 15) is 9.90 Å². The minimum Gasteiger partial charge on any atom is -0.480 e. The number of ether oxygens (including phenoxy) is 1. The van der Waals surface area contributed by atoms with E-state index in [0.29, 0.717) is 6.42 Å². The number of nitrogens with one attached hydrogen (secondary N) is 1. The molecule has 0 bridgehead atoms. The fourth-order valence-electron chi connectivity index (χ4n) is 1.52. The van der Waals surface area contributed by atoms with Crippen LogP contribution in [0.5, 0.6) is 6.01 Å². The van der Waals surface area contributed by atoms with Crippen LogP contribution in [-0.2, 0) is 4.79 Å². The number of rotatable bonds is 6. The zero-order valence-electron chi connectivity index (χ0n) is 10.5. The van der Waals surface area contributed by atoms with Crippen molar-refractivity contribution in [2.24, 2.45) is 0 Å². The van der Waals surface area contributed by atoms with Crippen LogP contribution < -0.4 is 10.1 Å². The molecule has 0 saturated heterocycles. The van der Waals surface area contributed by atoms with Crippen molar-refractivity contribution < 1.29 is 14.6 Å². The fraction of sp³-hybridized carbons (Fsp3) is 0.545. The summed E-state index contributed by atoms with van der Waals surface area (Å²) in [6.07, 6.45) is 2.53. The van der Waals surface area contributed by atoms with Crippen LogP contribution in [0.3, 0.4) is 0 Å². The van der Waals surface area contributed by atoms with Gasteiger partial charge < -0.3 is 15.2 Å². The van der Waals surface area contributed by atoms with Crippen molar-refractivity contribution in [3.8, 4) is 6.01 Å². The summed E-state index contributed by atoms with van der Waals surface area (Å²) >= 11 is 5.93. The molecule has 1 atom stereocenters. The standard InChI is InChI=1S/C11H16ClN3O3/c1-4-5-11(2,9(16)17)15-8-7(12)6-13-10(14-8)18-3/h6H,4-5H2,1-3H3,(H,16,17)(H,13,14,15). The lowest BCUT2D eigenvalue weighted by Gasteiger charge is -2.26. The number of hydrogen-bond donors (Lipinski definition) is 2. The molecular weight excluding hydrogens is 258 g/mol. The Morgan fingerprint density at radius 3 is 2.83 bits per heavy atom. The van der Waals surface area contributed by atoms with Gasteiger partial charge in [-0.1, -0.05) is 24.9 Å². The van der Waals surface area contributed by atoms with Gasteiger partial charge in [0.15, 0.2) is 5.82 Å². The van der Waals surface area contributed by atoms with Crippen molar-refractivity contribution >= 4 is 23.4 Å². The van der Waals surface area contributed by atoms with Crippen LogP contribution in [0, 0.1) is 0 Å². The van der Waals surface area contributed by atoms with Gasteiger partial charge in [0.1, 0.15) is 10.6 Å². The van der Waals surface area contributed by atoms with Crippen molar-refractivity contribution in [3.63, 3.8) is 0 Å². The highest BCUT2D eigenvalue weighted by molar-refractivity contribution is 6.32. The molecule has 0 aliphatic carbocycles. The van der Waals surface area contributed by atoms with Crippen LogP contribution in [0.25, 0.3) is 0 Å². The number of nitrogens with zero attached hydrogens (tertiary/aromatic N) is 2. The molecule has 0 amide bonds. The highest BCUT2D eigenvalue weighted by Gasteiger charge is 2.33. The maximum atomic E-state index is 11.3. The number of anilines is 1. The number of aromatic nitrogens is 2. The van der Waals surface area contributed by atoms with Gasteiger partial charge in [-0.2, -0.15) is 4.98 Å². The van der Waals surface area contributed by atoms with E-state index in [1.54, 1.807) is 6.92 Å². The number of methoxy groups -OCH3 is 1. The van der Waals surface area contributed by atoms with Gasteiger partial charge in [-0.3, -0.25) is 0 Å². The quantitative estimate of drug-likeness (QED) is 0.826. The molecule has 1 rings (SSSR count). The largest absolute Gasteiger partial charge is 0.480 e. The Labute approximate surface area is 110 Å². The van der Waals surface area contributed by atoms with E-state index < -0.39 is 11.5 Å². The lowest BCUT2D eigenvalue weighted by atomic mass is 9.96. The molecule has 0 aliphatic rings. The molecule has 0 saturated carbocycles. The first kappa shape index (κ1) is 14.5. The number of hydrogen-bond acceptors (Lipinski definition) is 5. The maximum Gasteiger partial charge on any atom is 0.329 e. The third-order valence-electron chi connectivity index (χ3n) is 2.52. The predicted molar refractivity (Wildman–Crippen MR) is 68.2 cm³/mol. The lowest BCUT2D eigenvalue weighted by Crippen LogP contribution is -2.43. The first-order valence-corrected chi connectivity index (χ1v) is 5.89. The summed E-state index contributed by atoms with van der Waals surface area (Å²) < 4.78 is 4.88. The summed E-state index contributed by atoms with van der Waals surface area (Å²) in [4.78, 5) is 19.1. The third kappa shape index (κ3) is 3.22. The van der Waals surface area contributed by atoms with Crippen LogP contribution in [0.1, 0.15) is 26.7 Å².